The lowest BCUT2D eigenvalue weighted by molar-refractivity contribution is 0.496. The van der Waals surface area contributed by atoms with Crippen LogP contribution in [0.25, 0.3) is 11.0 Å². The lowest BCUT2D eigenvalue weighted by atomic mass is 10.2. The smallest absolute Gasteiger partial charge is 0.296 e. The fourth-order valence-corrected chi connectivity index (χ4v) is 2.17. The summed E-state index contributed by atoms with van der Waals surface area (Å²) in [5.74, 6) is 0. The largest absolute Gasteiger partial charge is 0.361 e. The highest BCUT2D eigenvalue weighted by Gasteiger charge is 2.16. The highest BCUT2D eigenvalue weighted by atomic mass is 32.2. The van der Waals surface area contributed by atoms with E-state index in [-0.39, 0.29) is 4.91 Å². The molecule has 4 nitrogen and oxygen atoms in total. The summed E-state index contributed by atoms with van der Waals surface area (Å²) >= 11 is 0. The van der Waals surface area contributed by atoms with Gasteiger partial charge in [0.2, 0.25) is 0 Å². The van der Waals surface area contributed by atoms with Gasteiger partial charge in [-0.15, -0.1) is 0 Å². The van der Waals surface area contributed by atoms with Crippen LogP contribution in [0.5, 0.6) is 0 Å². The van der Waals surface area contributed by atoms with Crippen LogP contribution < -0.4 is 0 Å². The van der Waals surface area contributed by atoms with Gasteiger partial charge in [0.05, 0.1) is 5.69 Å². The molecule has 0 spiro atoms. The van der Waals surface area contributed by atoms with Crippen LogP contribution in [-0.4, -0.2) is 18.0 Å². The molecule has 0 atom stereocenters. The first-order valence-electron chi connectivity index (χ1n) is 4.95. The molecule has 2 aromatic rings. The maximum absolute atomic E-state index is 11.3. The molecule has 1 aromatic heterocycles. The van der Waals surface area contributed by atoms with Crippen molar-refractivity contribution in [3.8, 4) is 0 Å². The standard InChI is InChI=1S/C12H11NO3S/c14-17(15,16)12(11-7-4-8-13-11)9-10-5-2-1-3-6-10/h1-9,13H,(H,14,15,16). The van der Waals surface area contributed by atoms with Crippen molar-refractivity contribution in [2.45, 2.75) is 0 Å². The van der Waals surface area contributed by atoms with Gasteiger partial charge in [0.15, 0.2) is 0 Å². The molecule has 17 heavy (non-hydrogen) atoms. The van der Waals surface area contributed by atoms with E-state index in [1.54, 1.807) is 42.6 Å². The topological polar surface area (TPSA) is 70.2 Å². The van der Waals surface area contributed by atoms with Crippen LogP contribution in [0, 0.1) is 0 Å². The Hall–Kier alpha value is -1.85. The molecule has 0 bridgehead atoms. The van der Waals surface area contributed by atoms with Gasteiger partial charge in [-0.05, 0) is 23.8 Å². The number of H-pyrrole nitrogens is 1. The van der Waals surface area contributed by atoms with Crippen molar-refractivity contribution in [3.63, 3.8) is 0 Å². The van der Waals surface area contributed by atoms with E-state index in [1.807, 2.05) is 6.07 Å². The summed E-state index contributed by atoms with van der Waals surface area (Å²) in [6.45, 7) is 0. The van der Waals surface area contributed by atoms with Crippen molar-refractivity contribution in [1.29, 1.82) is 0 Å². The zero-order chi connectivity index (χ0) is 12.3. The summed E-state index contributed by atoms with van der Waals surface area (Å²) in [5, 5.41) is 0. The lowest BCUT2D eigenvalue weighted by Gasteiger charge is -2.02. The molecule has 0 unspecified atom stereocenters. The second kappa shape index (κ2) is 4.57. The summed E-state index contributed by atoms with van der Waals surface area (Å²) in [4.78, 5) is 2.61. The zero-order valence-corrected chi connectivity index (χ0v) is 9.68. The Bertz CT molecular complexity index is 613. The summed E-state index contributed by atoms with van der Waals surface area (Å²) in [6.07, 6.45) is 3.01. The third-order valence-electron chi connectivity index (χ3n) is 2.24. The van der Waals surface area contributed by atoms with Gasteiger partial charge in [0.25, 0.3) is 10.1 Å². The third-order valence-corrected chi connectivity index (χ3v) is 3.13. The van der Waals surface area contributed by atoms with Crippen molar-refractivity contribution in [2.75, 3.05) is 0 Å². The Morgan fingerprint density at radius 1 is 1.12 bits per heavy atom. The highest BCUT2D eigenvalue weighted by Crippen LogP contribution is 2.21. The number of nitrogens with one attached hydrogen (secondary N) is 1. The fraction of sp³-hybridized carbons (Fsp3) is 0. The minimum absolute atomic E-state index is 0.145. The molecular weight excluding hydrogens is 238 g/mol. The molecule has 1 heterocycles. The van der Waals surface area contributed by atoms with Gasteiger partial charge in [-0.1, -0.05) is 30.3 Å². The summed E-state index contributed by atoms with van der Waals surface area (Å²) in [5.41, 5.74) is 1.06. The molecule has 1 aromatic carbocycles. The maximum Gasteiger partial charge on any atom is 0.296 e. The molecule has 2 N–H and O–H groups in total. The number of hydrogen-bond donors (Lipinski definition) is 2. The lowest BCUT2D eigenvalue weighted by Crippen LogP contribution is -2.01. The first-order chi connectivity index (χ1) is 8.07. The van der Waals surface area contributed by atoms with E-state index >= 15 is 0 Å². The third kappa shape index (κ3) is 2.83. The van der Waals surface area contributed by atoms with Crippen molar-refractivity contribution < 1.29 is 13.0 Å². The number of aromatic nitrogens is 1. The van der Waals surface area contributed by atoms with E-state index < -0.39 is 10.1 Å². The zero-order valence-electron chi connectivity index (χ0n) is 8.87. The van der Waals surface area contributed by atoms with Crippen molar-refractivity contribution in [3.05, 3.63) is 59.9 Å². The maximum atomic E-state index is 11.3. The fourth-order valence-electron chi connectivity index (χ4n) is 1.48. The normalized spacial score (nSPS) is 12.6. The van der Waals surface area contributed by atoms with Crippen molar-refractivity contribution in [1.82, 2.24) is 4.98 Å². The predicted molar refractivity (Wildman–Crippen MR) is 66.7 cm³/mol. The van der Waals surface area contributed by atoms with E-state index in [0.717, 1.165) is 0 Å². The molecule has 0 aliphatic heterocycles. The van der Waals surface area contributed by atoms with Gasteiger partial charge >= 0.3 is 0 Å². The summed E-state index contributed by atoms with van der Waals surface area (Å²) in [6, 6.07) is 12.2. The molecule has 0 amide bonds. The van der Waals surface area contributed by atoms with Gasteiger partial charge in [-0.25, -0.2) is 0 Å². The van der Waals surface area contributed by atoms with E-state index in [4.69, 9.17) is 0 Å². The summed E-state index contributed by atoms with van der Waals surface area (Å²) in [7, 11) is -4.26. The van der Waals surface area contributed by atoms with Gasteiger partial charge in [0, 0.05) is 6.20 Å². The van der Waals surface area contributed by atoms with Gasteiger partial charge in [0.1, 0.15) is 4.91 Å². The Kier molecular flexibility index (Phi) is 3.12. The molecule has 0 aliphatic rings. The van der Waals surface area contributed by atoms with E-state index in [0.29, 0.717) is 11.3 Å². The van der Waals surface area contributed by atoms with Gasteiger partial charge in [-0.3, -0.25) is 4.55 Å². The second-order valence-corrected chi connectivity index (χ2v) is 4.87. The van der Waals surface area contributed by atoms with Crippen LogP contribution in [0.4, 0.5) is 0 Å². The molecular formula is C12H11NO3S. The number of rotatable bonds is 3. The SMILES string of the molecule is O=S(=O)(O)C(=Cc1ccccc1)c1ccc[nH]1. The van der Waals surface area contributed by atoms with Crippen molar-refractivity contribution >= 4 is 21.1 Å². The number of hydrogen-bond acceptors (Lipinski definition) is 2. The Morgan fingerprint density at radius 2 is 1.82 bits per heavy atom. The van der Waals surface area contributed by atoms with Crippen LogP contribution in [0.3, 0.4) is 0 Å². The first-order valence-corrected chi connectivity index (χ1v) is 6.39. The van der Waals surface area contributed by atoms with Crippen molar-refractivity contribution in [2.24, 2.45) is 0 Å². The molecule has 0 aliphatic carbocycles. The molecule has 5 heteroatoms. The van der Waals surface area contributed by atoms with Gasteiger partial charge in [-0.2, -0.15) is 8.42 Å². The highest BCUT2D eigenvalue weighted by molar-refractivity contribution is 7.95. The molecule has 0 saturated carbocycles. The minimum Gasteiger partial charge on any atom is -0.361 e. The van der Waals surface area contributed by atoms with E-state index in [1.165, 1.54) is 6.08 Å². The van der Waals surface area contributed by atoms with Gasteiger partial charge < -0.3 is 4.98 Å². The molecule has 0 saturated heterocycles. The minimum atomic E-state index is -4.26. The Labute approximate surface area is 99.4 Å². The van der Waals surface area contributed by atoms with Crippen LogP contribution in [0.2, 0.25) is 0 Å². The predicted octanol–water partition coefficient (Wildman–Crippen LogP) is 2.40. The monoisotopic (exact) mass is 249 g/mol. The molecule has 2 rings (SSSR count). The van der Waals surface area contributed by atoms with Crippen LogP contribution in [0.15, 0.2) is 48.7 Å². The van der Waals surface area contributed by atoms with Crippen LogP contribution in [-0.2, 0) is 10.1 Å². The van der Waals surface area contributed by atoms with E-state index in [2.05, 4.69) is 4.98 Å². The Balaban J connectivity index is 2.53. The molecule has 88 valence electrons. The van der Waals surface area contributed by atoms with Crippen LogP contribution in [0.1, 0.15) is 11.3 Å². The number of benzene rings is 1. The van der Waals surface area contributed by atoms with E-state index in [9.17, 15) is 13.0 Å². The first kappa shape index (κ1) is 11.6. The number of aromatic amines is 1. The molecule has 0 fully saturated rings. The second-order valence-electron chi connectivity index (χ2n) is 3.48. The average molecular weight is 249 g/mol. The Morgan fingerprint density at radius 3 is 2.35 bits per heavy atom. The summed E-state index contributed by atoms with van der Waals surface area (Å²) < 4.78 is 31.8. The van der Waals surface area contributed by atoms with Crippen LogP contribution >= 0.6 is 0 Å². The average Bonchev–Trinajstić information content (AvgIpc) is 2.79. The molecule has 0 radical (unpaired) electrons. The quantitative estimate of drug-likeness (QED) is 0.820.